The van der Waals surface area contributed by atoms with Gasteiger partial charge in [-0.2, -0.15) is 0 Å². The molecule has 0 radical (unpaired) electrons. The first-order chi connectivity index (χ1) is 10.1. The van der Waals surface area contributed by atoms with Crippen LogP contribution in [0, 0.1) is 18.8 Å². The number of hydrogen-bond acceptors (Lipinski definition) is 3. The quantitative estimate of drug-likeness (QED) is 0.826. The number of anilines is 1. The lowest BCUT2D eigenvalue weighted by atomic mass is 9.80. The van der Waals surface area contributed by atoms with E-state index >= 15 is 0 Å². The molecule has 0 spiro atoms. The van der Waals surface area contributed by atoms with Crippen LogP contribution in [-0.4, -0.2) is 11.0 Å². The molecule has 2 atom stereocenters. The van der Waals surface area contributed by atoms with Crippen LogP contribution >= 0.6 is 11.3 Å². The van der Waals surface area contributed by atoms with Crippen LogP contribution in [0.5, 0.6) is 0 Å². The summed E-state index contributed by atoms with van der Waals surface area (Å²) < 4.78 is 0. The van der Waals surface area contributed by atoms with E-state index in [1.165, 1.54) is 30.5 Å². The van der Waals surface area contributed by atoms with Gasteiger partial charge in [0.1, 0.15) is 0 Å². The highest BCUT2D eigenvalue weighted by Gasteiger charge is 2.23. The molecule has 2 unspecified atom stereocenters. The zero-order valence-electron chi connectivity index (χ0n) is 13.1. The second-order valence-electron chi connectivity index (χ2n) is 6.59. The van der Waals surface area contributed by atoms with Gasteiger partial charge in [-0.05, 0) is 50.2 Å². The molecule has 1 aliphatic carbocycles. The Morgan fingerprint density at radius 1 is 1.05 bits per heavy atom. The Kier molecular flexibility index (Phi) is 4.29. The summed E-state index contributed by atoms with van der Waals surface area (Å²) >= 11 is 1.71. The number of aromatic nitrogens is 1. The zero-order chi connectivity index (χ0) is 14.8. The van der Waals surface area contributed by atoms with Gasteiger partial charge in [0.2, 0.25) is 0 Å². The van der Waals surface area contributed by atoms with Crippen molar-refractivity contribution < 1.29 is 0 Å². The lowest BCUT2D eigenvalue weighted by Gasteiger charge is -2.32. The third-order valence-corrected chi connectivity index (χ3v) is 5.12. The highest BCUT2D eigenvalue weighted by Crippen LogP contribution is 2.31. The molecule has 0 bridgehead atoms. The number of benzene rings is 1. The summed E-state index contributed by atoms with van der Waals surface area (Å²) in [7, 11) is 0. The van der Waals surface area contributed by atoms with E-state index in [1.54, 1.807) is 11.3 Å². The van der Waals surface area contributed by atoms with Crippen molar-refractivity contribution in [2.75, 3.05) is 5.32 Å². The van der Waals surface area contributed by atoms with E-state index in [1.807, 2.05) is 0 Å². The number of hydrogen-bond donors (Lipinski definition) is 1. The maximum absolute atomic E-state index is 4.54. The zero-order valence-corrected chi connectivity index (χ0v) is 13.9. The molecule has 1 aliphatic rings. The number of thiazole rings is 1. The lowest BCUT2D eigenvalue weighted by molar-refractivity contribution is 0.281. The first-order valence-electron chi connectivity index (χ1n) is 7.89. The molecule has 21 heavy (non-hydrogen) atoms. The molecule has 1 fully saturated rings. The van der Waals surface area contributed by atoms with Gasteiger partial charge < -0.3 is 5.32 Å². The topological polar surface area (TPSA) is 24.9 Å². The molecule has 112 valence electrons. The second-order valence-corrected chi connectivity index (χ2v) is 7.65. The van der Waals surface area contributed by atoms with Crippen molar-refractivity contribution in [3.8, 4) is 11.3 Å². The highest BCUT2D eigenvalue weighted by molar-refractivity contribution is 7.09. The monoisotopic (exact) mass is 300 g/mol. The Morgan fingerprint density at radius 3 is 2.29 bits per heavy atom. The van der Waals surface area contributed by atoms with E-state index in [9.17, 15) is 0 Å². The fraction of sp³-hybridized carbons (Fsp3) is 0.500. The van der Waals surface area contributed by atoms with Gasteiger partial charge in [-0.1, -0.05) is 26.0 Å². The van der Waals surface area contributed by atoms with E-state index in [0.717, 1.165) is 22.5 Å². The van der Waals surface area contributed by atoms with Crippen molar-refractivity contribution in [1.29, 1.82) is 0 Å². The van der Waals surface area contributed by atoms with Gasteiger partial charge in [0.15, 0.2) is 0 Å². The van der Waals surface area contributed by atoms with Crippen LogP contribution in [0.3, 0.4) is 0 Å². The maximum Gasteiger partial charge on any atom is 0.0901 e. The van der Waals surface area contributed by atoms with E-state index < -0.39 is 0 Å². The Hall–Kier alpha value is -1.35. The summed E-state index contributed by atoms with van der Waals surface area (Å²) in [5.74, 6) is 1.67. The molecule has 0 amide bonds. The molecule has 0 aliphatic heterocycles. The fourth-order valence-corrected chi connectivity index (χ4v) is 4.16. The maximum atomic E-state index is 4.54. The number of aryl methyl sites for hydroxylation is 1. The predicted molar refractivity (Wildman–Crippen MR) is 91.9 cm³/mol. The molecule has 0 saturated heterocycles. The molecule has 3 heteroatoms. The van der Waals surface area contributed by atoms with Crippen LogP contribution in [0.4, 0.5) is 5.69 Å². The van der Waals surface area contributed by atoms with Crippen molar-refractivity contribution >= 4 is 17.0 Å². The van der Waals surface area contributed by atoms with Crippen molar-refractivity contribution in [2.24, 2.45) is 11.8 Å². The highest BCUT2D eigenvalue weighted by atomic mass is 32.1. The Bertz CT molecular complexity index is 578. The molecule has 2 aromatic rings. The van der Waals surface area contributed by atoms with Gasteiger partial charge in [0.05, 0.1) is 10.7 Å². The SMILES string of the molecule is Cc1nc(-c2ccc(NC3CC(C)CC(C)C3)cc2)cs1. The van der Waals surface area contributed by atoms with Crippen molar-refractivity contribution in [2.45, 2.75) is 46.1 Å². The summed E-state index contributed by atoms with van der Waals surface area (Å²) in [5.41, 5.74) is 3.52. The van der Waals surface area contributed by atoms with E-state index in [0.29, 0.717) is 6.04 Å². The smallest absolute Gasteiger partial charge is 0.0901 e. The van der Waals surface area contributed by atoms with Crippen molar-refractivity contribution in [3.05, 3.63) is 34.7 Å². The van der Waals surface area contributed by atoms with E-state index in [-0.39, 0.29) is 0 Å². The summed E-state index contributed by atoms with van der Waals surface area (Å²) in [6.07, 6.45) is 3.95. The first-order valence-corrected chi connectivity index (χ1v) is 8.77. The summed E-state index contributed by atoms with van der Waals surface area (Å²) in [5, 5.41) is 6.96. The molecule has 1 aromatic carbocycles. The average Bonchev–Trinajstić information content (AvgIpc) is 2.85. The number of nitrogens with one attached hydrogen (secondary N) is 1. The van der Waals surface area contributed by atoms with Gasteiger partial charge in [0.25, 0.3) is 0 Å². The van der Waals surface area contributed by atoms with Crippen LogP contribution in [0.15, 0.2) is 29.6 Å². The molecule has 1 saturated carbocycles. The van der Waals surface area contributed by atoms with Crippen LogP contribution in [0.1, 0.15) is 38.1 Å². The third kappa shape index (κ3) is 3.65. The molecular weight excluding hydrogens is 276 g/mol. The van der Waals surface area contributed by atoms with Crippen LogP contribution < -0.4 is 5.32 Å². The van der Waals surface area contributed by atoms with Crippen LogP contribution in [0.2, 0.25) is 0 Å². The summed E-state index contributed by atoms with van der Waals surface area (Å²) in [6.45, 7) is 6.80. The molecule has 1 aromatic heterocycles. The molecule has 2 nitrogen and oxygen atoms in total. The minimum Gasteiger partial charge on any atom is -0.382 e. The van der Waals surface area contributed by atoms with Crippen molar-refractivity contribution in [1.82, 2.24) is 4.98 Å². The first kappa shape index (κ1) is 14.6. The largest absolute Gasteiger partial charge is 0.382 e. The van der Waals surface area contributed by atoms with E-state index in [4.69, 9.17) is 0 Å². The number of nitrogens with zero attached hydrogens (tertiary/aromatic N) is 1. The molecule has 1 heterocycles. The standard InChI is InChI=1S/C18H24N2S/c1-12-8-13(2)10-17(9-12)20-16-6-4-15(5-7-16)18-11-21-14(3)19-18/h4-7,11-13,17,20H,8-10H2,1-3H3. The second kappa shape index (κ2) is 6.18. The van der Waals surface area contributed by atoms with Crippen LogP contribution in [-0.2, 0) is 0 Å². The molecule has 1 N–H and O–H groups in total. The molecular formula is C18H24N2S. The van der Waals surface area contributed by atoms with Gasteiger partial charge in [-0.25, -0.2) is 4.98 Å². The normalized spacial score (nSPS) is 25.8. The summed E-state index contributed by atoms with van der Waals surface area (Å²) in [4.78, 5) is 4.54. The third-order valence-electron chi connectivity index (χ3n) is 4.35. The lowest BCUT2D eigenvalue weighted by Crippen LogP contribution is -2.30. The molecule has 3 rings (SSSR count). The average molecular weight is 300 g/mol. The van der Waals surface area contributed by atoms with Gasteiger partial charge in [-0.15, -0.1) is 11.3 Å². The Morgan fingerprint density at radius 2 is 1.71 bits per heavy atom. The minimum atomic E-state index is 0.621. The fourth-order valence-electron chi connectivity index (χ4n) is 3.53. The van der Waals surface area contributed by atoms with Gasteiger partial charge in [0, 0.05) is 22.7 Å². The van der Waals surface area contributed by atoms with Crippen LogP contribution in [0.25, 0.3) is 11.3 Å². The predicted octanol–water partition coefficient (Wildman–Crippen LogP) is 5.36. The van der Waals surface area contributed by atoms with Gasteiger partial charge in [-0.3, -0.25) is 0 Å². The minimum absolute atomic E-state index is 0.621. The Labute approximate surface area is 131 Å². The van der Waals surface area contributed by atoms with Crippen molar-refractivity contribution in [3.63, 3.8) is 0 Å². The Balaban J connectivity index is 1.67. The van der Waals surface area contributed by atoms with E-state index in [2.05, 4.69) is 60.7 Å². The van der Waals surface area contributed by atoms with Gasteiger partial charge >= 0.3 is 0 Å². The summed E-state index contributed by atoms with van der Waals surface area (Å²) in [6, 6.07) is 9.34. The number of rotatable bonds is 3.